The Morgan fingerprint density at radius 3 is 1.61 bits per heavy atom. The van der Waals surface area contributed by atoms with Crippen LogP contribution >= 0.6 is 0 Å². The lowest BCUT2D eigenvalue weighted by molar-refractivity contribution is -0.127. The minimum Gasteiger partial charge on any atom is -0.379 e. The standard InChI is InChI=1S/C20H37N3O8/c1-3-4-18(25)21-6-8-29-10-12-31-14-13-30-11-9-28-7-5-19(26)23-16-20(27)22-15-17(2)24/h3-16H2,1-2H3,(H,21,25)(H,22,27)(H,23,26). The summed E-state index contributed by atoms with van der Waals surface area (Å²) in [6.07, 6.45) is 1.50. The van der Waals surface area contributed by atoms with E-state index in [9.17, 15) is 19.2 Å². The van der Waals surface area contributed by atoms with Gasteiger partial charge in [-0.2, -0.15) is 0 Å². The number of rotatable bonds is 21. The summed E-state index contributed by atoms with van der Waals surface area (Å²) in [4.78, 5) is 44.8. The zero-order chi connectivity index (χ0) is 23.2. The number of hydrogen-bond acceptors (Lipinski definition) is 8. The van der Waals surface area contributed by atoms with Crippen LogP contribution < -0.4 is 16.0 Å². The normalized spacial score (nSPS) is 10.5. The summed E-state index contributed by atoms with van der Waals surface area (Å²) < 4.78 is 21.3. The Balaban J connectivity index is 3.27. The highest BCUT2D eigenvalue weighted by atomic mass is 16.6. The van der Waals surface area contributed by atoms with Crippen molar-refractivity contribution in [2.75, 3.05) is 72.5 Å². The van der Waals surface area contributed by atoms with Crippen LogP contribution in [0, 0.1) is 0 Å². The molecule has 31 heavy (non-hydrogen) atoms. The lowest BCUT2D eigenvalue weighted by Crippen LogP contribution is -2.38. The predicted molar refractivity (Wildman–Crippen MR) is 113 cm³/mol. The van der Waals surface area contributed by atoms with Gasteiger partial charge < -0.3 is 34.9 Å². The van der Waals surface area contributed by atoms with Crippen LogP contribution in [0.3, 0.4) is 0 Å². The van der Waals surface area contributed by atoms with Crippen LogP contribution in [0.2, 0.25) is 0 Å². The van der Waals surface area contributed by atoms with E-state index in [1.807, 2.05) is 6.92 Å². The van der Waals surface area contributed by atoms with E-state index < -0.39 is 5.91 Å². The molecule has 0 spiro atoms. The van der Waals surface area contributed by atoms with Gasteiger partial charge in [-0.3, -0.25) is 19.2 Å². The van der Waals surface area contributed by atoms with Crippen LogP contribution in [-0.2, 0) is 38.1 Å². The van der Waals surface area contributed by atoms with Gasteiger partial charge in [-0.25, -0.2) is 0 Å². The average Bonchev–Trinajstić information content (AvgIpc) is 2.73. The van der Waals surface area contributed by atoms with Crippen LogP contribution in [0.15, 0.2) is 0 Å². The van der Waals surface area contributed by atoms with Crippen molar-refractivity contribution in [2.45, 2.75) is 33.1 Å². The molecule has 0 bridgehead atoms. The van der Waals surface area contributed by atoms with Gasteiger partial charge in [-0.1, -0.05) is 6.92 Å². The summed E-state index contributed by atoms with van der Waals surface area (Å²) in [6, 6.07) is 0. The summed E-state index contributed by atoms with van der Waals surface area (Å²) in [5.74, 6) is -0.838. The molecule has 11 nitrogen and oxygen atoms in total. The lowest BCUT2D eigenvalue weighted by atomic mass is 10.3. The van der Waals surface area contributed by atoms with Gasteiger partial charge in [0.15, 0.2) is 0 Å². The number of ether oxygens (including phenoxy) is 4. The van der Waals surface area contributed by atoms with E-state index in [4.69, 9.17) is 18.9 Å². The third-order valence-corrected chi connectivity index (χ3v) is 3.62. The number of nitrogens with one attached hydrogen (secondary N) is 3. The van der Waals surface area contributed by atoms with E-state index in [1.165, 1.54) is 6.92 Å². The molecule has 0 fully saturated rings. The third kappa shape index (κ3) is 22.4. The van der Waals surface area contributed by atoms with Crippen molar-refractivity contribution < 1.29 is 38.1 Å². The molecule has 11 heteroatoms. The molecule has 180 valence electrons. The Kier molecular flexibility index (Phi) is 19.7. The van der Waals surface area contributed by atoms with Gasteiger partial charge in [-0.05, 0) is 13.3 Å². The molecule has 0 saturated heterocycles. The van der Waals surface area contributed by atoms with Crippen molar-refractivity contribution >= 4 is 23.5 Å². The highest BCUT2D eigenvalue weighted by molar-refractivity contribution is 5.88. The van der Waals surface area contributed by atoms with Crippen LogP contribution in [0.5, 0.6) is 0 Å². The van der Waals surface area contributed by atoms with Gasteiger partial charge in [0.05, 0.1) is 65.9 Å². The number of carbonyl (C=O) groups is 4. The average molecular weight is 448 g/mol. The molecule has 0 aromatic heterocycles. The molecular formula is C20H37N3O8. The van der Waals surface area contributed by atoms with E-state index in [0.717, 1.165) is 6.42 Å². The number of amides is 3. The molecule has 0 radical (unpaired) electrons. The third-order valence-electron chi connectivity index (χ3n) is 3.62. The maximum atomic E-state index is 11.5. The zero-order valence-electron chi connectivity index (χ0n) is 18.7. The van der Waals surface area contributed by atoms with Gasteiger partial charge in [0.25, 0.3) is 0 Å². The molecule has 0 heterocycles. The topological polar surface area (TPSA) is 141 Å². The molecule has 0 aromatic carbocycles. The number of carbonyl (C=O) groups excluding carboxylic acids is 4. The van der Waals surface area contributed by atoms with Crippen molar-refractivity contribution in [1.29, 1.82) is 0 Å². The fourth-order valence-electron chi connectivity index (χ4n) is 2.06. The number of ketones is 1. The first-order valence-electron chi connectivity index (χ1n) is 10.6. The highest BCUT2D eigenvalue weighted by Crippen LogP contribution is 1.87. The first-order chi connectivity index (χ1) is 15.0. The maximum Gasteiger partial charge on any atom is 0.239 e. The van der Waals surface area contributed by atoms with E-state index in [0.29, 0.717) is 59.2 Å². The molecule has 0 aromatic rings. The number of Topliss-reactive ketones (excluding diaryl/α,β-unsaturated/α-hetero) is 1. The highest BCUT2D eigenvalue weighted by Gasteiger charge is 2.06. The van der Waals surface area contributed by atoms with E-state index in [-0.39, 0.29) is 43.7 Å². The molecular weight excluding hydrogens is 410 g/mol. The van der Waals surface area contributed by atoms with Crippen LogP contribution in [0.1, 0.15) is 33.1 Å². The number of hydrogen-bond donors (Lipinski definition) is 3. The molecule has 0 rings (SSSR count). The molecule has 0 aliphatic carbocycles. The van der Waals surface area contributed by atoms with Crippen LogP contribution in [-0.4, -0.2) is 96.0 Å². The van der Waals surface area contributed by atoms with E-state index in [1.54, 1.807) is 0 Å². The van der Waals surface area contributed by atoms with E-state index >= 15 is 0 Å². The molecule has 0 aliphatic rings. The van der Waals surface area contributed by atoms with Gasteiger partial charge in [0.1, 0.15) is 5.78 Å². The molecule has 0 atom stereocenters. The maximum absolute atomic E-state index is 11.5. The van der Waals surface area contributed by atoms with Crippen molar-refractivity contribution in [3.05, 3.63) is 0 Å². The molecule has 0 saturated carbocycles. The van der Waals surface area contributed by atoms with Gasteiger partial charge in [0, 0.05) is 19.4 Å². The zero-order valence-corrected chi connectivity index (χ0v) is 18.7. The fourth-order valence-corrected chi connectivity index (χ4v) is 2.06. The summed E-state index contributed by atoms with van der Waals surface area (Å²) in [6.45, 7) is 6.77. The second-order valence-electron chi connectivity index (χ2n) is 6.55. The molecule has 3 amide bonds. The Morgan fingerprint density at radius 1 is 0.581 bits per heavy atom. The van der Waals surface area contributed by atoms with Crippen molar-refractivity contribution in [3.8, 4) is 0 Å². The van der Waals surface area contributed by atoms with Crippen molar-refractivity contribution in [1.82, 2.24) is 16.0 Å². The minimum atomic E-state index is -0.414. The predicted octanol–water partition coefficient (Wildman–Crippen LogP) is -0.819. The fraction of sp³-hybridized carbons (Fsp3) is 0.800. The second-order valence-corrected chi connectivity index (χ2v) is 6.55. The first-order valence-corrected chi connectivity index (χ1v) is 10.6. The van der Waals surface area contributed by atoms with Crippen molar-refractivity contribution in [2.24, 2.45) is 0 Å². The monoisotopic (exact) mass is 447 g/mol. The Morgan fingerprint density at radius 2 is 1.06 bits per heavy atom. The van der Waals surface area contributed by atoms with Crippen LogP contribution in [0.4, 0.5) is 0 Å². The Bertz CT molecular complexity index is 517. The largest absolute Gasteiger partial charge is 0.379 e. The molecule has 0 unspecified atom stereocenters. The minimum absolute atomic E-state index is 0.0400. The van der Waals surface area contributed by atoms with Gasteiger partial charge in [-0.15, -0.1) is 0 Å². The summed E-state index contributed by atoms with van der Waals surface area (Å²) in [5, 5.41) is 7.59. The lowest BCUT2D eigenvalue weighted by Gasteiger charge is -2.08. The van der Waals surface area contributed by atoms with Gasteiger partial charge >= 0.3 is 0 Å². The summed E-state index contributed by atoms with van der Waals surface area (Å²) in [7, 11) is 0. The van der Waals surface area contributed by atoms with Gasteiger partial charge in [0.2, 0.25) is 17.7 Å². The smallest absolute Gasteiger partial charge is 0.239 e. The SMILES string of the molecule is CCCC(=O)NCCOCCOCCOCCOCCC(=O)NCC(=O)NCC(C)=O. The van der Waals surface area contributed by atoms with E-state index in [2.05, 4.69) is 16.0 Å². The summed E-state index contributed by atoms with van der Waals surface area (Å²) in [5.41, 5.74) is 0. The van der Waals surface area contributed by atoms with Crippen molar-refractivity contribution in [3.63, 3.8) is 0 Å². The summed E-state index contributed by atoms with van der Waals surface area (Å²) >= 11 is 0. The molecule has 0 aliphatic heterocycles. The quantitative estimate of drug-likeness (QED) is 0.194. The first kappa shape index (κ1) is 28.9. The molecule has 3 N–H and O–H groups in total. The van der Waals surface area contributed by atoms with Crippen LogP contribution in [0.25, 0.3) is 0 Å². The Labute approximate surface area is 183 Å². The Hall–Kier alpha value is -2.08. The second kappa shape index (κ2) is 21.2.